The van der Waals surface area contributed by atoms with E-state index in [0.717, 1.165) is 5.56 Å². The smallest absolute Gasteiger partial charge is 0.271 e. The monoisotopic (exact) mass is 151 g/mol. The Bertz CT molecular complexity index is 303. The van der Waals surface area contributed by atoms with Gasteiger partial charge in [-0.2, -0.15) is 0 Å². The van der Waals surface area contributed by atoms with Crippen LogP contribution in [0.1, 0.15) is 16.1 Å². The fourth-order valence-corrected chi connectivity index (χ4v) is 1.24. The van der Waals surface area contributed by atoms with Gasteiger partial charge in [-0.1, -0.05) is 0 Å². The molecule has 0 atom stereocenters. The van der Waals surface area contributed by atoms with Gasteiger partial charge in [0.25, 0.3) is 5.91 Å². The first-order chi connectivity index (χ1) is 5.29. The van der Waals surface area contributed by atoms with Crippen LogP contribution in [0.15, 0.2) is 12.3 Å². The number of carbonyl (C=O) groups excluding carboxylic acids is 1. The molecule has 1 aromatic rings. The van der Waals surface area contributed by atoms with E-state index >= 15 is 0 Å². The van der Waals surface area contributed by atoms with Crippen LogP contribution in [0.3, 0.4) is 0 Å². The Balaban J connectivity index is 2.56. The predicted molar refractivity (Wildman–Crippen MR) is 40.9 cm³/mol. The molecule has 0 bridgehead atoms. The van der Waals surface area contributed by atoms with Crippen molar-refractivity contribution in [2.75, 3.05) is 12.1 Å². The van der Waals surface area contributed by atoms with Crippen LogP contribution in [-0.2, 0) is 0 Å². The van der Waals surface area contributed by atoms with Gasteiger partial charge in [-0.3, -0.25) is 9.47 Å². The molecule has 0 aliphatic carbocycles. The summed E-state index contributed by atoms with van der Waals surface area (Å²) in [6.07, 6.45) is 1.85. The van der Waals surface area contributed by atoms with Crippen molar-refractivity contribution in [1.82, 2.24) is 9.99 Å². The van der Waals surface area contributed by atoms with Gasteiger partial charge < -0.3 is 10.7 Å². The molecule has 0 saturated heterocycles. The summed E-state index contributed by atoms with van der Waals surface area (Å²) in [5.41, 5.74) is 4.70. The van der Waals surface area contributed by atoms with Crippen LogP contribution in [0.4, 0.5) is 0 Å². The summed E-state index contributed by atoms with van der Waals surface area (Å²) in [6.45, 7) is 2.42. The van der Waals surface area contributed by atoms with E-state index in [1.165, 1.54) is 0 Å². The van der Waals surface area contributed by atoms with Crippen molar-refractivity contribution in [3.8, 4) is 0 Å². The van der Waals surface area contributed by atoms with Gasteiger partial charge in [-0.15, -0.1) is 0 Å². The van der Waals surface area contributed by atoms with Crippen LogP contribution < -0.4 is 10.7 Å². The first-order valence-corrected chi connectivity index (χ1v) is 3.49. The van der Waals surface area contributed by atoms with E-state index in [2.05, 4.69) is 10.7 Å². The molecule has 1 amide bonds. The molecule has 2 N–H and O–H groups in total. The van der Waals surface area contributed by atoms with E-state index in [4.69, 9.17) is 0 Å². The lowest BCUT2D eigenvalue weighted by Gasteiger charge is -2.18. The van der Waals surface area contributed by atoms with Gasteiger partial charge in [0, 0.05) is 6.20 Å². The lowest BCUT2D eigenvalue weighted by Crippen LogP contribution is -2.41. The minimum atomic E-state index is -0.00810. The molecule has 0 fully saturated rings. The van der Waals surface area contributed by atoms with E-state index in [1.54, 1.807) is 4.68 Å². The number of fused-ring (bicyclic) bond motifs is 1. The molecule has 1 aliphatic heterocycles. The second-order valence-corrected chi connectivity index (χ2v) is 2.56. The summed E-state index contributed by atoms with van der Waals surface area (Å²) in [7, 11) is 0. The van der Waals surface area contributed by atoms with E-state index in [1.807, 2.05) is 19.2 Å². The normalized spacial score (nSPS) is 15.2. The third-order valence-electron chi connectivity index (χ3n) is 1.80. The van der Waals surface area contributed by atoms with Gasteiger partial charge in [-0.05, 0) is 18.6 Å². The van der Waals surface area contributed by atoms with Gasteiger partial charge in [0.15, 0.2) is 0 Å². The van der Waals surface area contributed by atoms with Crippen LogP contribution >= 0.6 is 0 Å². The Morgan fingerprint density at radius 2 is 2.45 bits per heavy atom. The topological polar surface area (TPSA) is 46.1 Å². The fourth-order valence-electron chi connectivity index (χ4n) is 1.24. The average Bonchev–Trinajstić information content (AvgIpc) is 2.34. The summed E-state index contributed by atoms with van der Waals surface area (Å²) in [5.74, 6) is -0.00810. The number of carbonyl (C=O) groups is 1. The molecule has 0 aromatic carbocycles. The van der Waals surface area contributed by atoms with E-state index in [-0.39, 0.29) is 5.91 Å². The van der Waals surface area contributed by atoms with E-state index in [0.29, 0.717) is 12.4 Å². The van der Waals surface area contributed by atoms with Gasteiger partial charge in [-0.25, -0.2) is 0 Å². The Labute approximate surface area is 64.2 Å². The van der Waals surface area contributed by atoms with Crippen LogP contribution in [0.2, 0.25) is 0 Å². The molecule has 11 heavy (non-hydrogen) atoms. The number of hydrogen-bond donors (Lipinski definition) is 2. The van der Waals surface area contributed by atoms with Crippen LogP contribution in [0.25, 0.3) is 0 Å². The van der Waals surface area contributed by atoms with Crippen LogP contribution in [0, 0.1) is 6.92 Å². The Morgan fingerprint density at radius 3 is 3.18 bits per heavy atom. The second kappa shape index (κ2) is 2.02. The van der Waals surface area contributed by atoms with E-state index < -0.39 is 0 Å². The average molecular weight is 151 g/mol. The van der Waals surface area contributed by atoms with Gasteiger partial charge >= 0.3 is 0 Å². The minimum absolute atomic E-state index is 0.00810. The lowest BCUT2D eigenvalue weighted by atomic mass is 10.2. The highest BCUT2D eigenvalue weighted by atomic mass is 16.2. The van der Waals surface area contributed by atoms with E-state index in [9.17, 15) is 4.79 Å². The Kier molecular flexibility index (Phi) is 1.15. The molecular formula is C7H9N3O. The van der Waals surface area contributed by atoms with Crippen molar-refractivity contribution in [1.29, 1.82) is 0 Å². The zero-order valence-corrected chi connectivity index (χ0v) is 6.22. The highest BCUT2D eigenvalue weighted by Gasteiger charge is 2.17. The lowest BCUT2D eigenvalue weighted by molar-refractivity contribution is 0.0936. The number of rotatable bonds is 0. The van der Waals surface area contributed by atoms with Crippen molar-refractivity contribution in [2.24, 2.45) is 0 Å². The molecule has 2 rings (SSSR count). The predicted octanol–water partition coefficient (Wildman–Crippen LogP) is 0.0409. The number of hydrogen-bond acceptors (Lipinski definition) is 2. The number of amides is 1. The molecule has 2 heterocycles. The number of aryl methyl sites for hydroxylation is 1. The molecular weight excluding hydrogens is 142 g/mol. The summed E-state index contributed by atoms with van der Waals surface area (Å²) in [5, 5.41) is 2.69. The number of nitrogens with one attached hydrogen (secondary N) is 2. The second-order valence-electron chi connectivity index (χ2n) is 2.56. The maximum Gasteiger partial charge on any atom is 0.271 e. The van der Waals surface area contributed by atoms with Gasteiger partial charge in [0.2, 0.25) is 0 Å². The molecule has 4 nitrogen and oxygen atoms in total. The zero-order chi connectivity index (χ0) is 7.84. The first-order valence-electron chi connectivity index (χ1n) is 3.49. The van der Waals surface area contributed by atoms with Crippen LogP contribution in [0.5, 0.6) is 0 Å². The third kappa shape index (κ3) is 0.790. The van der Waals surface area contributed by atoms with Crippen molar-refractivity contribution in [3.05, 3.63) is 23.5 Å². The highest BCUT2D eigenvalue weighted by molar-refractivity contribution is 5.95. The molecule has 0 saturated carbocycles. The molecule has 1 aromatic heterocycles. The first kappa shape index (κ1) is 6.27. The maximum atomic E-state index is 11.2. The quantitative estimate of drug-likeness (QED) is 0.550. The summed E-state index contributed by atoms with van der Waals surface area (Å²) >= 11 is 0. The molecule has 0 unspecified atom stereocenters. The SMILES string of the molecule is Cc1ccn2c1C(=O)NCN2. The Morgan fingerprint density at radius 1 is 1.64 bits per heavy atom. The summed E-state index contributed by atoms with van der Waals surface area (Å²) < 4.78 is 1.74. The summed E-state index contributed by atoms with van der Waals surface area (Å²) in [6, 6.07) is 1.91. The highest BCUT2D eigenvalue weighted by Crippen LogP contribution is 2.09. The molecule has 1 aliphatic rings. The third-order valence-corrected chi connectivity index (χ3v) is 1.80. The van der Waals surface area contributed by atoms with Crippen molar-refractivity contribution < 1.29 is 4.79 Å². The summed E-state index contributed by atoms with van der Waals surface area (Å²) in [4.78, 5) is 11.2. The van der Waals surface area contributed by atoms with Gasteiger partial charge in [0.1, 0.15) is 12.4 Å². The maximum absolute atomic E-state index is 11.2. The Hall–Kier alpha value is -1.45. The standard InChI is InChI=1S/C7H9N3O/c1-5-2-3-10-6(5)7(11)8-4-9-10/h2-3,9H,4H2,1H3,(H,8,11). The fraction of sp³-hybridized carbons (Fsp3) is 0.286. The molecule has 58 valence electrons. The molecule has 4 heteroatoms. The van der Waals surface area contributed by atoms with Crippen molar-refractivity contribution in [2.45, 2.75) is 6.92 Å². The van der Waals surface area contributed by atoms with Crippen molar-refractivity contribution in [3.63, 3.8) is 0 Å². The van der Waals surface area contributed by atoms with Crippen molar-refractivity contribution >= 4 is 5.91 Å². The largest absolute Gasteiger partial charge is 0.332 e. The molecule has 0 radical (unpaired) electrons. The van der Waals surface area contributed by atoms with Crippen LogP contribution in [-0.4, -0.2) is 17.3 Å². The van der Waals surface area contributed by atoms with Gasteiger partial charge in [0.05, 0.1) is 0 Å². The minimum Gasteiger partial charge on any atom is -0.332 e. The number of aromatic nitrogens is 1. The zero-order valence-electron chi connectivity index (χ0n) is 6.22. The number of nitrogens with zero attached hydrogens (tertiary/aromatic N) is 1. The molecule has 0 spiro atoms.